The van der Waals surface area contributed by atoms with Crippen molar-refractivity contribution in [3.63, 3.8) is 0 Å². The highest BCUT2D eigenvalue weighted by molar-refractivity contribution is 6.33. The first-order chi connectivity index (χ1) is 9.26. The van der Waals surface area contributed by atoms with Gasteiger partial charge in [-0.15, -0.1) is 0 Å². The minimum Gasteiger partial charge on any atom is -0.370 e. The van der Waals surface area contributed by atoms with Crippen molar-refractivity contribution in [2.45, 2.75) is 39.7 Å². The Balaban J connectivity index is 2.21. The van der Waals surface area contributed by atoms with E-state index in [2.05, 4.69) is 36.2 Å². The van der Waals surface area contributed by atoms with Crippen LogP contribution in [0.15, 0.2) is 18.2 Å². The van der Waals surface area contributed by atoms with Crippen LogP contribution in [-0.2, 0) is 6.54 Å². The van der Waals surface area contributed by atoms with Gasteiger partial charge in [0.25, 0.3) is 0 Å². The van der Waals surface area contributed by atoms with Gasteiger partial charge >= 0.3 is 0 Å². The number of rotatable bonds is 5. The van der Waals surface area contributed by atoms with Crippen molar-refractivity contribution < 1.29 is 0 Å². The first-order valence-electron chi connectivity index (χ1n) is 7.49. The molecular formula is C16H25ClN2. The SMILES string of the molecule is CCNCc1cccc(Cl)c1N1CCCC(CC)C1. The average Bonchev–Trinajstić information content (AvgIpc) is 2.45. The molecule has 1 N–H and O–H groups in total. The molecule has 0 spiro atoms. The van der Waals surface area contributed by atoms with Crippen molar-refractivity contribution in [1.82, 2.24) is 5.32 Å². The van der Waals surface area contributed by atoms with Crippen LogP contribution >= 0.6 is 11.6 Å². The van der Waals surface area contributed by atoms with Crippen LogP contribution in [0.3, 0.4) is 0 Å². The third-order valence-corrected chi connectivity index (χ3v) is 4.35. The van der Waals surface area contributed by atoms with Gasteiger partial charge in [-0.2, -0.15) is 0 Å². The van der Waals surface area contributed by atoms with E-state index in [0.717, 1.165) is 37.1 Å². The van der Waals surface area contributed by atoms with E-state index < -0.39 is 0 Å². The molecule has 1 heterocycles. The summed E-state index contributed by atoms with van der Waals surface area (Å²) < 4.78 is 0. The molecule has 0 amide bonds. The predicted octanol–water partition coefficient (Wildman–Crippen LogP) is 4.08. The fraction of sp³-hybridized carbons (Fsp3) is 0.625. The first-order valence-corrected chi connectivity index (χ1v) is 7.87. The van der Waals surface area contributed by atoms with Crippen molar-refractivity contribution >= 4 is 17.3 Å². The molecule has 1 aromatic rings. The minimum absolute atomic E-state index is 0.817. The summed E-state index contributed by atoms with van der Waals surface area (Å²) in [5, 5.41) is 4.31. The molecule has 0 saturated carbocycles. The van der Waals surface area contributed by atoms with Crippen molar-refractivity contribution in [2.24, 2.45) is 5.92 Å². The molecule has 1 fully saturated rings. The molecule has 19 heavy (non-hydrogen) atoms. The summed E-state index contributed by atoms with van der Waals surface area (Å²) in [6.07, 6.45) is 3.91. The number of nitrogens with one attached hydrogen (secondary N) is 1. The van der Waals surface area contributed by atoms with Crippen LogP contribution in [0.1, 0.15) is 38.7 Å². The largest absolute Gasteiger partial charge is 0.370 e. The van der Waals surface area contributed by atoms with Gasteiger partial charge in [0.05, 0.1) is 10.7 Å². The number of benzene rings is 1. The molecule has 2 nitrogen and oxygen atoms in total. The van der Waals surface area contributed by atoms with Gasteiger partial charge in [0.1, 0.15) is 0 Å². The lowest BCUT2D eigenvalue weighted by atomic mass is 9.94. The second-order valence-electron chi connectivity index (χ2n) is 5.39. The van der Waals surface area contributed by atoms with Crippen LogP contribution in [-0.4, -0.2) is 19.6 Å². The summed E-state index contributed by atoms with van der Waals surface area (Å²) in [5.41, 5.74) is 2.58. The molecule has 1 aliphatic heterocycles. The third kappa shape index (κ3) is 3.64. The maximum atomic E-state index is 6.46. The highest BCUT2D eigenvalue weighted by Gasteiger charge is 2.22. The summed E-state index contributed by atoms with van der Waals surface area (Å²) in [6.45, 7) is 8.61. The number of halogens is 1. The van der Waals surface area contributed by atoms with Crippen molar-refractivity contribution in [2.75, 3.05) is 24.5 Å². The highest BCUT2D eigenvalue weighted by atomic mass is 35.5. The molecule has 0 aromatic heterocycles. The second kappa shape index (κ2) is 7.16. The molecule has 1 aromatic carbocycles. The topological polar surface area (TPSA) is 15.3 Å². The zero-order chi connectivity index (χ0) is 13.7. The number of hydrogen-bond donors (Lipinski definition) is 1. The maximum absolute atomic E-state index is 6.46. The molecule has 0 bridgehead atoms. The zero-order valence-corrected chi connectivity index (χ0v) is 12.8. The fourth-order valence-electron chi connectivity index (χ4n) is 2.92. The summed E-state index contributed by atoms with van der Waals surface area (Å²) in [4.78, 5) is 2.49. The Morgan fingerprint density at radius 3 is 2.95 bits per heavy atom. The quantitative estimate of drug-likeness (QED) is 0.874. The lowest BCUT2D eigenvalue weighted by molar-refractivity contribution is 0.404. The Bertz CT molecular complexity index is 406. The normalized spacial score (nSPS) is 19.7. The Hall–Kier alpha value is -0.730. The van der Waals surface area contributed by atoms with Crippen molar-refractivity contribution in [3.8, 4) is 0 Å². The Kier molecular flexibility index (Phi) is 5.53. The molecule has 2 rings (SSSR count). The van der Waals surface area contributed by atoms with Gasteiger partial charge in [-0.25, -0.2) is 0 Å². The van der Waals surface area contributed by atoms with E-state index in [1.807, 2.05) is 6.07 Å². The first kappa shape index (κ1) is 14.7. The number of para-hydroxylation sites is 1. The van der Waals surface area contributed by atoms with Crippen LogP contribution in [0.4, 0.5) is 5.69 Å². The smallest absolute Gasteiger partial charge is 0.0642 e. The molecule has 1 saturated heterocycles. The van der Waals surface area contributed by atoms with Crippen molar-refractivity contribution in [1.29, 1.82) is 0 Å². The number of piperidine rings is 1. The number of hydrogen-bond acceptors (Lipinski definition) is 2. The van der Waals surface area contributed by atoms with Gasteiger partial charge in [-0.1, -0.05) is 44.0 Å². The van der Waals surface area contributed by atoms with Crippen LogP contribution < -0.4 is 10.2 Å². The Morgan fingerprint density at radius 1 is 1.37 bits per heavy atom. The average molecular weight is 281 g/mol. The molecule has 0 radical (unpaired) electrons. The number of nitrogens with zero attached hydrogens (tertiary/aromatic N) is 1. The molecular weight excluding hydrogens is 256 g/mol. The van der Waals surface area contributed by atoms with E-state index in [4.69, 9.17) is 11.6 Å². The van der Waals surface area contributed by atoms with E-state index >= 15 is 0 Å². The Labute approximate surface area is 122 Å². The minimum atomic E-state index is 0.817. The van der Waals surface area contributed by atoms with E-state index in [-0.39, 0.29) is 0 Å². The second-order valence-corrected chi connectivity index (χ2v) is 5.80. The van der Waals surface area contributed by atoms with Gasteiger partial charge in [-0.3, -0.25) is 0 Å². The standard InChI is InChI=1S/C16H25ClN2/c1-3-13-7-6-10-19(12-13)16-14(11-18-4-2)8-5-9-15(16)17/h5,8-9,13,18H,3-4,6-7,10-12H2,1-2H3. The van der Waals surface area contributed by atoms with Gasteiger partial charge in [0.2, 0.25) is 0 Å². The lowest BCUT2D eigenvalue weighted by Crippen LogP contribution is -2.36. The monoisotopic (exact) mass is 280 g/mol. The molecule has 1 aliphatic rings. The molecule has 106 valence electrons. The van der Waals surface area contributed by atoms with E-state index in [1.54, 1.807) is 0 Å². The van der Waals surface area contributed by atoms with Crippen molar-refractivity contribution in [3.05, 3.63) is 28.8 Å². The van der Waals surface area contributed by atoms with E-state index in [9.17, 15) is 0 Å². The third-order valence-electron chi connectivity index (χ3n) is 4.05. The van der Waals surface area contributed by atoms with Gasteiger partial charge in [0.15, 0.2) is 0 Å². The van der Waals surface area contributed by atoms with Crippen LogP contribution in [0.5, 0.6) is 0 Å². The maximum Gasteiger partial charge on any atom is 0.0642 e. The summed E-state index contributed by atoms with van der Waals surface area (Å²) >= 11 is 6.46. The summed E-state index contributed by atoms with van der Waals surface area (Å²) in [7, 11) is 0. The van der Waals surface area contributed by atoms with Gasteiger partial charge in [0, 0.05) is 19.6 Å². The zero-order valence-electron chi connectivity index (χ0n) is 12.1. The molecule has 0 aliphatic carbocycles. The van der Waals surface area contributed by atoms with E-state index in [1.165, 1.54) is 30.5 Å². The van der Waals surface area contributed by atoms with Gasteiger partial charge < -0.3 is 10.2 Å². The highest BCUT2D eigenvalue weighted by Crippen LogP contribution is 2.33. The lowest BCUT2D eigenvalue weighted by Gasteiger charge is -2.36. The predicted molar refractivity (Wildman–Crippen MR) is 84.1 cm³/mol. The molecule has 1 atom stereocenters. The summed E-state index contributed by atoms with van der Waals surface area (Å²) in [5.74, 6) is 0.817. The van der Waals surface area contributed by atoms with Crippen LogP contribution in [0.2, 0.25) is 5.02 Å². The van der Waals surface area contributed by atoms with E-state index in [0.29, 0.717) is 0 Å². The Morgan fingerprint density at radius 2 is 2.21 bits per heavy atom. The van der Waals surface area contributed by atoms with Gasteiger partial charge in [-0.05, 0) is 36.9 Å². The fourth-order valence-corrected chi connectivity index (χ4v) is 3.23. The van der Waals surface area contributed by atoms with Crippen LogP contribution in [0, 0.1) is 5.92 Å². The summed E-state index contributed by atoms with van der Waals surface area (Å²) in [6, 6.07) is 6.26. The van der Waals surface area contributed by atoms with Crippen LogP contribution in [0.25, 0.3) is 0 Å². The molecule has 1 unspecified atom stereocenters. The number of anilines is 1. The molecule has 3 heteroatoms.